The predicted octanol–water partition coefficient (Wildman–Crippen LogP) is 3.29. The van der Waals surface area contributed by atoms with Crippen molar-refractivity contribution in [3.63, 3.8) is 0 Å². The highest BCUT2D eigenvalue weighted by atomic mass is 19.1. The normalized spacial score (nSPS) is 26.3. The second-order valence-corrected chi connectivity index (χ2v) is 5.57. The molecule has 19 heavy (non-hydrogen) atoms. The van der Waals surface area contributed by atoms with Gasteiger partial charge >= 0.3 is 5.97 Å². The third-order valence-electron chi connectivity index (χ3n) is 4.50. The molecule has 2 aliphatic rings. The Labute approximate surface area is 112 Å². The Kier molecular flexibility index (Phi) is 3.17. The number of carboxylic acid groups (broad SMARTS) is 1. The lowest BCUT2D eigenvalue weighted by Gasteiger charge is -2.39. The van der Waals surface area contributed by atoms with E-state index in [1.54, 1.807) is 6.07 Å². The van der Waals surface area contributed by atoms with Crippen molar-refractivity contribution in [3.05, 3.63) is 29.6 Å². The molecule has 1 aliphatic carbocycles. The number of hydrogen-bond acceptors (Lipinski definition) is 2. The molecule has 2 unspecified atom stereocenters. The third-order valence-corrected chi connectivity index (χ3v) is 4.50. The van der Waals surface area contributed by atoms with Gasteiger partial charge in [0.1, 0.15) is 5.82 Å². The van der Waals surface area contributed by atoms with Crippen molar-refractivity contribution in [1.82, 2.24) is 0 Å². The zero-order valence-electron chi connectivity index (χ0n) is 10.8. The number of benzene rings is 1. The molecule has 102 valence electrons. The van der Waals surface area contributed by atoms with E-state index in [1.807, 2.05) is 0 Å². The second-order valence-electron chi connectivity index (χ2n) is 5.57. The van der Waals surface area contributed by atoms with Crippen LogP contribution in [0.4, 0.5) is 10.1 Å². The van der Waals surface area contributed by atoms with Gasteiger partial charge in [0.25, 0.3) is 0 Å². The minimum absolute atomic E-state index is 0.0150. The molecule has 2 atom stereocenters. The van der Waals surface area contributed by atoms with Gasteiger partial charge in [0, 0.05) is 12.6 Å². The maximum atomic E-state index is 14.1. The van der Waals surface area contributed by atoms with Crippen molar-refractivity contribution in [3.8, 4) is 0 Å². The topological polar surface area (TPSA) is 40.5 Å². The minimum atomic E-state index is -1.08. The predicted molar refractivity (Wildman–Crippen MR) is 71.1 cm³/mol. The lowest BCUT2D eigenvalue weighted by Crippen LogP contribution is -2.43. The number of piperidine rings is 1. The second kappa shape index (κ2) is 4.83. The van der Waals surface area contributed by atoms with Gasteiger partial charge in [0.2, 0.25) is 0 Å². The van der Waals surface area contributed by atoms with Crippen LogP contribution in [0.5, 0.6) is 0 Å². The molecule has 1 saturated carbocycles. The molecule has 0 bridgehead atoms. The zero-order valence-corrected chi connectivity index (χ0v) is 10.8. The van der Waals surface area contributed by atoms with Crippen LogP contribution in [-0.2, 0) is 0 Å². The Morgan fingerprint density at radius 3 is 2.79 bits per heavy atom. The van der Waals surface area contributed by atoms with Gasteiger partial charge in [0.05, 0.1) is 11.3 Å². The first-order valence-electron chi connectivity index (χ1n) is 6.96. The highest BCUT2D eigenvalue weighted by Gasteiger charge is 2.35. The van der Waals surface area contributed by atoms with E-state index < -0.39 is 11.8 Å². The van der Waals surface area contributed by atoms with Crippen LogP contribution in [-0.4, -0.2) is 23.7 Å². The van der Waals surface area contributed by atoms with Gasteiger partial charge in [-0.25, -0.2) is 9.18 Å². The molecule has 3 rings (SSSR count). The Bertz CT molecular complexity index is 503. The SMILES string of the molecule is O=C(O)c1ccc(N2CCCC3CCCC32)c(F)c1. The fourth-order valence-electron chi connectivity index (χ4n) is 3.63. The number of hydrogen-bond donors (Lipinski definition) is 1. The van der Waals surface area contributed by atoms with Crippen LogP contribution < -0.4 is 4.90 Å². The minimum Gasteiger partial charge on any atom is -0.478 e. The molecule has 1 N–H and O–H groups in total. The Hall–Kier alpha value is -1.58. The van der Waals surface area contributed by atoms with Crippen molar-refractivity contribution in [2.24, 2.45) is 5.92 Å². The molecule has 1 aromatic rings. The number of carbonyl (C=O) groups is 1. The number of anilines is 1. The first kappa shape index (κ1) is 12.5. The summed E-state index contributed by atoms with van der Waals surface area (Å²) in [5.74, 6) is -0.803. The first-order valence-corrected chi connectivity index (χ1v) is 6.96. The summed E-state index contributed by atoms with van der Waals surface area (Å²) in [4.78, 5) is 13.0. The van der Waals surface area contributed by atoms with Gasteiger partial charge in [-0.15, -0.1) is 0 Å². The average Bonchev–Trinajstić information content (AvgIpc) is 2.86. The van der Waals surface area contributed by atoms with E-state index in [0.29, 0.717) is 17.6 Å². The van der Waals surface area contributed by atoms with Gasteiger partial charge in [-0.2, -0.15) is 0 Å². The molecular weight excluding hydrogens is 245 g/mol. The molecule has 1 heterocycles. The van der Waals surface area contributed by atoms with E-state index in [1.165, 1.54) is 25.3 Å². The number of carboxylic acids is 1. The van der Waals surface area contributed by atoms with Crippen molar-refractivity contribution in [2.45, 2.75) is 38.1 Å². The van der Waals surface area contributed by atoms with Gasteiger partial charge in [0.15, 0.2) is 0 Å². The van der Waals surface area contributed by atoms with E-state index in [9.17, 15) is 9.18 Å². The molecule has 0 aromatic heterocycles. The van der Waals surface area contributed by atoms with Crippen LogP contribution >= 0.6 is 0 Å². The van der Waals surface area contributed by atoms with E-state index in [0.717, 1.165) is 25.5 Å². The van der Waals surface area contributed by atoms with Crippen molar-refractivity contribution in [2.75, 3.05) is 11.4 Å². The summed E-state index contributed by atoms with van der Waals surface area (Å²) in [6.45, 7) is 0.879. The summed E-state index contributed by atoms with van der Waals surface area (Å²) in [6, 6.07) is 4.70. The maximum absolute atomic E-state index is 14.1. The van der Waals surface area contributed by atoms with Gasteiger partial charge in [-0.1, -0.05) is 6.42 Å². The van der Waals surface area contributed by atoms with Crippen LogP contribution in [0.2, 0.25) is 0 Å². The zero-order chi connectivity index (χ0) is 13.4. The van der Waals surface area contributed by atoms with Crippen LogP contribution in [0.25, 0.3) is 0 Å². The van der Waals surface area contributed by atoms with Crippen LogP contribution in [0, 0.1) is 11.7 Å². The molecule has 1 saturated heterocycles. The fourth-order valence-corrected chi connectivity index (χ4v) is 3.63. The monoisotopic (exact) mass is 263 g/mol. The average molecular weight is 263 g/mol. The third kappa shape index (κ3) is 2.20. The molecule has 0 spiro atoms. The summed E-state index contributed by atoms with van der Waals surface area (Å²) >= 11 is 0. The number of aromatic carboxylic acids is 1. The van der Waals surface area contributed by atoms with Crippen LogP contribution in [0.15, 0.2) is 18.2 Å². The molecule has 4 heteroatoms. The highest BCUT2D eigenvalue weighted by Crippen LogP contribution is 2.39. The quantitative estimate of drug-likeness (QED) is 0.890. The van der Waals surface area contributed by atoms with Gasteiger partial charge < -0.3 is 10.0 Å². The largest absolute Gasteiger partial charge is 0.478 e. The summed E-state index contributed by atoms with van der Waals surface area (Å²) < 4.78 is 14.1. The Morgan fingerprint density at radius 1 is 1.26 bits per heavy atom. The number of fused-ring (bicyclic) bond motifs is 1. The van der Waals surface area contributed by atoms with Gasteiger partial charge in [-0.05, 0) is 49.8 Å². The molecule has 3 nitrogen and oxygen atoms in total. The summed E-state index contributed by atoms with van der Waals surface area (Å²) in [6.07, 6.45) is 5.94. The van der Waals surface area contributed by atoms with Crippen molar-refractivity contribution >= 4 is 11.7 Å². The maximum Gasteiger partial charge on any atom is 0.335 e. The lowest BCUT2D eigenvalue weighted by atomic mass is 9.91. The molecule has 1 aliphatic heterocycles. The van der Waals surface area contributed by atoms with Gasteiger partial charge in [-0.3, -0.25) is 0 Å². The smallest absolute Gasteiger partial charge is 0.335 e. The molecule has 0 amide bonds. The lowest BCUT2D eigenvalue weighted by molar-refractivity contribution is 0.0696. The number of rotatable bonds is 2. The summed E-state index contributed by atoms with van der Waals surface area (Å²) in [5, 5.41) is 8.88. The highest BCUT2D eigenvalue weighted by molar-refractivity contribution is 5.88. The molecular formula is C15H18FNO2. The van der Waals surface area contributed by atoms with E-state index >= 15 is 0 Å². The van der Waals surface area contributed by atoms with E-state index in [2.05, 4.69) is 4.90 Å². The Balaban J connectivity index is 1.90. The first-order chi connectivity index (χ1) is 9.16. The van der Waals surface area contributed by atoms with Crippen LogP contribution in [0.1, 0.15) is 42.5 Å². The van der Waals surface area contributed by atoms with Crippen LogP contribution in [0.3, 0.4) is 0 Å². The fraction of sp³-hybridized carbons (Fsp3) is 0.533. The Morgan fingerprint density at radius 2 is 2.05 bits per heavy atom. The van der Waals surface area contributed by atoms with Crippen molar-refractivity contribution < 1.29 is 14.3 Å². The molecule has 0 radical (unpaired) electrons. The molecule has 2 fully saturated rings. The molecule has 1 aromatic carbocycles. The summed E-state index contributed by atoms with van der Waals surface area (Å²) in [7, 11) is 0. The number of nitrogens with zero attached hydrogens (tertiary/aromatic N) is 1. The number of halogens is 1. The van der Waals surface area contributed by atoms with E-state index in [-0.39, 0.29) is 5.56 Å². The summed E-state index contributed by atoms with van der Waals surface area (Å²) in [5.41, 5.74) is 0.586. The standard InChI is InChI=1S/C15H18FNO2/c16-12-9-11(15(18)19)6-7-14(12)17-8-2-4-10-3-1-5-13(10)17/h6-7,9-10,13H,1-5,8H2,(H,18,19). The van der Waals surface area contributed by atoms with E-state index in [4.69, 9.17) is 5.11 Å². The van der Waals surface area contributed by atoms with Crippen molar-refractivity contribution in [1.29, 1.82) is 0 Å².